The van der Waals surface area contributed by atoms with Crippen LogP contribution in [0, 0.1) is 5.41 Å². The van der Waals surface area contributed by atoms with Crippen LogP contribution in [0.1, 0.15) is 48.7 Å². The first-order chi connectivity index (χ1) is 18.6. The quantitative estimate of drug-likeness (QED) is 0.197. The van der Waals surface area contributed by atoms with E-state index in [1.807, 2.05) is 13.8 Å². The van der Waals surface area contributed by atoms with Gasteiger partial charge in [0, 0.05) is 11.0 Å². The van der Waals surface area contributed by atoms with E-state index in [0.29, 0.717) is 35.3 Å². The number of rotatable bonds is 10. The number of para-hydroxylation sites is 2. The molecule has 0 spiro atoms. The lowest BCUT2D eigenvalue weighted by atomic mass is 9.78. The van der Waals surface area contributed by atoms with Gasteiger partial charge < -0.3 is 25.6 Å². The second-order valence-corrected chi connectivity index (χ2v) is 9.54. The summed E-state index contributed by atoms with van der Waals surface area (Å²) in [5.41, 5.74) is 7.02. The third kappa shape index (κ3) is 8.10. The molecule has 39 heavy (non-hydrogen) atoms. The number of hydrogen-bond acceptors (Lipinski definition) is 7. The molecule has 0 fully saturated rings. The van der Waals surface area contributed by atoms with E-state index in [1.165, 1.54) is 19.3 Å². The van der Waals surface area contributed by atoms with Crippen molar-refractivity contribution >= 4 is 29.3 Å². The Kier molecular flexibility index (Phi) is 9.69. The number of nitrogens with one attached hydrogen (secondary N) is 2. The maximum atomic E-state index is 12.8. The molecule has 0 aliphatic carbocycles. The average molecular weight is 532 g/mol. The van der Waals surface area contributed by atoms with Gasteiger partial charge in [-0.15, -0.1) is 0 Å². The molecule has 0 unspecified atom stereocenters. The first-order valence-corrected chi connectivity index (χ1v) is 12.4. The van der Waals surface area contributed by atoms with E-state index in [0.717, 1.165) is 0 Å². The molecule has 5 N–H and O–H groups in total. The number of phenolic OH excluding ortho intramolecular Hbond substituents is 1. The predicted octanol–water partition coefficient (Wildman–Crippen LogP) is 5.59. The van der Waals surface area contributed by atoms with E-state index in [4.69, 9.17) is 15.2 Å². The van der Waals surface area contributed by atoms with Crippen molar-refractivity contribution in [1.82, 2.24) is 5.32 Å². The average Bonchev–Trinajstić information content (AvgIpc) is 2.91. The van der Waals surface area contributed by atoms with Gasteiger partial charge in [-0.05, 0) is 60.9 Å². The maximum Gasteiger partial charge on any atom is 0.414 e. The number of aromatic hydroxyl groups is 1. The summed E-state index contributed by atoms with van der Waals surface area (Å²) in [5.74, 6) is -0.760. The van der Waals surface area contributed by atoms with Crippen molar-refractivity contribution in [3.05, 3.63) is 96.1 Å². The number of hydrogen-bond donors (Lipinski definition) is 4. The van der Waals surface area contributed by atoms with E-state index >= 15 is 0 Å². The number of imide groups is 1. The van der Waals surface area contributed by atoms with Crippen LogP contribution in [0.4, 0.5) is 16.2 Å². The van der Waals surface area contributed by atoms with E-state index in [2.05, 4.69) is 10.6 Å². The van der Waals surface area contributed by atoms with Crippen LogP contribution >= 0.6 is 0 Å². The number of carbonyl (C=O) groups is 3. The Labute approximate surface area is 227 Å². The highest BCUT2D eigenvalue weighted by Gasteiger charge is 2.34. The third-order valence-corrected chi connectivity index (χ3v) is 6.14. The van der Waals surface area contributed by atoms with Gasteiger partial charge >= 0.3 is 6.09 Å². The number of nitrogens with two attached hydrogens (primary N) is 1. The largest absolute Gasteiger partial charge is 0.504 e. The summed E-state index contributed by atoms with van der Waals surface area (Å²) < 4.78 is 10.9. The number of phenols is 1. The highest BCUT2D eigenvalue weighted by atomic mass is 16.6. The molecule has 0 aliphatic rings. The van der Waals surface area contributed by atoms with Crippen LogP contribution in [0.5, 0.6) is 11.5 Å². The van der Waals surface area contributed by atoms with Gasteiger partial charge in [0.2, 0.25) is 5.91 Å². The molecule has 3 amide bonds. The molecule has 3 aromatic carbocycles. The summed E-state index contributed by atoms with van der Waals surface area (Å²) >= 11 is 0. The number of allylic oxidation sites excluding steroid dienone is 1. The molecule has 0 aromatic heterocycles. The smallest absolute Gasteiger partial charge is 0.414 e. The van der Waals surface area contributed by atoms with Gasteiger partial charge in [0.1, 0.15) is 6.10 Å². The standard InChI is InChI=1S/C30H33N3O6/c1-30(2,18-10-9-15-26(35)32-23-14-8-7-13-22(23)31)27(21-16-17-25(38-3)24(34)19-21)39-29(37)33-28(36)20-11-5-4-6-12-20/h4-9,11-17,19,27,34H,10,18,31H2,1-3H3,(H,32,35)(H,33,36,37)/b15-9+/t27-/m1/s1. The fraction of sp³-hybridized carbons (Fsp3) is 0.233. The summed E-state index contributed by atoms with van der Waals surface area (Å²) in [4.78, 5) is 37.5. The highest BCUT2D eigenvalue weighted by molar-refractivity contribution is 6.03. The number of alkyl carbamates (subject to hydrolysis) is 1. The monoisotopic (exact) mass is 531 g/mol. The molecule has 3 rings (SSSR count). The van der Waals surface area contributed by atoms with Gasteiger partial charge in [-0.1, -0.05) is 56.3 Å². The predicted molar refractivity (Wildman–Crippen MR) is 149 cm³/mol. The zero-order valence-electron chi connectivity index (χ0n) is 22.1. The lowest BCUT2D eigenvalue weighted by molar-refractivity contribution is -0.111. The Bertz CT molecular complexity index is 1340. The molecule has 0 saturated carbocycles. The first kappa shape index (κ1) is 28.8. The lowest BCUT2D eigenvalue weighted by Crippen LogP contribution is -2.35. The molecular formula is C30H33N3O6. The van der Waals surface area contributed by atoms with E-state index in [-0.39, 0.29) is 17.4 Å². The Balaban J connectivity index is 1.72. The number of benzene rings is 3. The SMILES string of the molecule is COc1ccc([C@@H](OC(=O)NC(=O)c2ccccc2)C(C)(C)CC/C=C/C(=O)Nc2ccccc2N)cc1O. The summed E-state index contributed by atoms with van der Waals surface area (Å²) in [5, 5.41) is 15.3. The minimum absolute atomic E-state index is 0.114. The highest BCUT2D eigenvalue weighted by Crippen LogP contribution is 2.42. The normalized spacial score (nSPS) is 12.0. The van der Waals surface area contributed by atoms with Crippen molar-refractivity contribution in [2.24, 2.45) is 5.41 Å². The number of amides is 3. The Morgan fingerprint density at radius 3 is 2.38 bits per heavy atom. The number of ether oxygens (including phenoxy) is 2. The lowest BCUT2D eigenvalue weighted by Gasteiger charge is -2.34. The van der Waals surface area contributed by atoms with Crippen LogP contribution in [0.25, 0.3) is 0 Å². The van der Waals surface area contributed by atoms with Crippen molar-refractivity contribution in [3.63, 3.8) is 0 Å². The second-order valence-electron chi connectivity index (χ2n) is 9.54. The minimum Gasteiger partial charge on any atom is -0.504 e. The van der Waals surface area contributed by atoms with Gasteiger partial charge in [-0.2, -0.15) is 0 Å². The summed E-state index contributed by atoms with van der Waals surface area (Å²) in [6, 6.07) is 20.0. The van der Waals surface area contributed by atoms with Crippen LogP contribution in [-0.2, 0) is 9.53 Å². The number of anilines is 2. The molecule has 0 bridgehead atoms. The molecule has 9 nitrogen and oxygen atoms in total. The molecule has 204 valence electrons. The summed E-state index contributed by atoms with van der Waals surface area (Å²) in [6.45, 7) is 3.79. The molecule has 9 heteroatoms. The Morgan fingerprint density at radius 1 is 1.03 bits per heavy atom. The molecular weight excluding hydrogens is 498 g/mol. The van der Waals surface area contributed by atoms with Crippen LogP contribution in [-0.4, -0.2) is 30.1 Å². The van der Waals surface area contributed by atoms with Crippen molar-refractivity contribution in [3.8, 4) is 11.5 Å². The van der Waals surface area contributed by atoms with Crippen LogP contribution in [0.3, 0.4) is 0 Å². The summed E-state index contributed by atoms with van der Waals surface area (Å²) in [7, 11) is 1.43. The molecule has 3 aromatic rings. The van der Waals surface area contributed by atoms with Gasteiger partial charge in [-0.25, -0.2) is 4.79 Å². The second kappa shape index (κ2) is 13.1. The Morgan fingerprint density at radius 2 is 1.72 bits per heavy atom. The van der Waals surface area contributed by atoms with Crippen LogP contribution in [0.2, 0.25) is 0 Å². The zero-order chi connectivity index (χ0) is 28.4. The van der Waals surface area contributed by atoms with E-state index < -0.39 is 23.5 Å². The molecule has 0 radical (unpaired) electrons. The molecule has 1 atom stereocenters. The van der Waals surface area contributed by atoms with Crippen molar-refractivity contribution in [2.45, 2.75) is 32.8 Å². The molecule has 0 heterocycles. The van der Waals surface area contributed by atoms with Crippen molar-refractivity contribution in [1.29, 1.82) is 0 Å². The van der Waals surface area contributed by atoms with Crippen molar-refractivity contribution in [2.75, 3.05) is 18.2 Å². The fourth-order valence-corrected chi connectivity index (χ4v) is 4.00. The molecule has 0 aliphatic heterocycles. The maximum absolute atomic E-state index is 12.8. The van der Waals surface area contributed by atoms with Crippen LogP contribution < -0.4 is 21.1 Å². The van der Waals surface area contributed by atoms with E-state index in [1.54, 1.807) is 72.8 Å². The third-order valence-electron chi connectivity index (χ3n) is 6.14. The summed E-state index contributed by atoms with van der Waals surface area (Å²) in [6.07, 6.45) is 2.36. The van der Waals surface area contributed by atoms with Gasteiger partial charge in [0.15, 0.2) is 11.5 Å². The number of methoxy groups -OCH3 is 1. The fourth-order valence-electron chi connectivity index (χ4n) is 4.00. The minimum atomic E-state index is -0.924. The van der Waals surface area contributed by atoms with Crippen LogP contribution in [0.15, 0.2) is 84.9 Å². The zero-order valence-corrected chi connectivity index (χ0v) is 22.1. The van der Waals surface area contributed by atoms with E-state index in [9.17, 15) is 19.5 Å². The topological polar surface area (TPSA) is 140 Å². The van der Waals surface area contributed by atoms with Gasteiger partial charge in [-0.3, -0.25) is 14.9 Å². The first-order valence-electron chi connectivity index (χ1n) is 12.4. The van der Waals surface area contributed by atoms with Crippen molar-refractivity contribution < 1.29 is 29.0 Å². The Hall–Kier alpha value is -4.79. The number of carbonyl (C=O) groups excluding carboxylic acids is 3. The van der Waals surface area contributed by atoms with Gasteiger partial charge in [0.05, 0.1) is 18.5 Å². The number of nitrogen functional groups attached to an aromatic ring is 1. The van der Waals surface area contributed by atoms with Gasteiger partial charge in [0.25, 0.3) is 5.91 Å². The molecule has 0 saturated heterocycles.